The fraction of sp³-hybridized carbons (Fsp3) is 0.238. The average Bonchev–Trinajstić information content (AvgIpc) is 3.27. The van der Waals surface area contributed by atoms with E-state index in [0.717, 1.165) is 4.90 Å². The number of rotatable bonds is 4. The molecular weight excluding hydrogens is 410 g/mol. The summed E-state index contributed by atoms with van der Waals surface area (Å²) in [7, 11) is 2.74. The largest absolute Gasteiger partial charge is 0.497 e. The third kappa shape index (κ3) is 2.91. The monoisotopic (exact) mass is 427 g/mol. The second-order valence-corrected chi connectivity index (χ2v) is 7.24. The Morgan fingerprint density at radius 3 is 2.40 bits per heavy atom. The Kier molecular flexibility index (Phi) is 4.95. The number of amides is 2. The van der Waals surface area contributed by atoms with Crippen LogP contribution in [0.25, 0.3) is 0 Å². The molecule has 1 fully saturated rings. The summed E-state index contributed by atoms with van der Waals surface area (Å²) in [6.45, 7) is 1.73. The summed E-state index contributed by atoms with van der Waals surface area (Å²) in [4.78, 5) is 40.1. The van der Waals surface area contributed by atoms with Gasteiger partial charge in [-0.25, -0.2) is 9.69 Å². The minimum atomic E-state index is -1.08. The molecule has 2 atom stereocenters. The lowest BCUT2D eigenvalue weighted by molar-refractivity contribution is -0.133. The van der Waals surface area contributed by atoms with Crippen molar-refractivity contribution in [1.29, 1.82) is 0 Å². The van der Waals surface area contributed by atoms with Crippen LogP contribution in [0.1, 0.15) is 5.56 Å². The smallest absolute Gasteiger partial charge is 0.355 e. The molecule has 0 aliphatic carbocycles. The molecule has 2 aliphatic heterocycles. The third-order valence-electron chi connectivity index (χ3n) is 5.26. The summed E-state index contributed by atoms with van der Waals surface area (Å²) in [5.41, 5.74) is 1.40. The highest BCUT2D eigenvalue weighted by molar-refractivity contribution is 6.47. The van der Waals surface area contributed by atoms with Crippen molar-refractivity contribution in [1.82, 2.24) is 0 Å². The predicted molar refractivity (Wildman–Crippen MR) is 111 cm³/mol. The van der Waals surface area contributed by atoms with Crippen molar-refractivity contribution in [3.8, 4) is 5.75 Å². The zero-order valence-electron chi connectivity index (χ0n) is 16.5. The Morgan fingerprint density at radius 1 is 1.07 bits per heavy atom. The van der Waals surface area contributed by atoms with E-state index >= 15 is 0 Å². The number of ether oxygens (including phenoxy) is 2. The summed E-state index contributed by atoms with van der Waals surface area (Å²) in [5, 5.41) is 6.09. The van der Waals surface area contributed by atoms with Gasteiger partial charge in [-0.05, 0) is 48.9 Å². The van der Waals surface area contributed by atoms with Gasteiger partial charge in [-0.3, -0.25) is 14.6 Å². The number of hydrogen-bond acceptors (Lipinski definition) is 7. The van der Waals surface area contributed by atoms with Crippen LogP contribution in [0.4, 0.5) is 11.4 Å². The number of halogens is 1. The zero-order valence-corrected chi connectivity index (χ0v) is 17.2. The maximum atomic E-state index is 13.4. The molecule has 0 aromatic heterocycles. The SMILES string of the molecule is COC(=O)C1=NN(c2ccc(OC)cc2)[C@H]2C(=O)N(c3cccc(Cl)c3C)C(=O)[C@H]12. The molecule has 0 bridgehead atoms. The highest BCUT2D eigenvalue weighted by atomic mass is 35.5. The van der Waals surface area contributed by atoms with Crippen LogP contribution in [-0.2, 0) is 19.1 Å². The summed E-state index contributed by atoms with van der Waals surface area (Å²) < 4.78 is 9.97. The highest BCUT2D eigenvalue weighted by Gasteiger charge is 2.59. The first-order valence-corrected chi connectivity index (χ1v) is 9.50. The second-order valence-electron chi connectivity index (χ2n) is 6.84. The van der Waals surface area contributed by atoms with Crippen LogP contribution in [0.15, 0.2) is 47.6 Å². The van der Waals surface area contributed by atoms with Gasteiger partial charge in [0.1, 0.15) is 17.7 Å². The number of esters is 1. The minimum absolute atomic E-state index is 0.112. The van der Waals surface area contributed by atoms with Crippen molar-refractivity contribution >= 4 is 46.5 Å². The molecule has 2 heterocycles. The number of hydrogen-bond donors (Lipinski definition) is 0. The molecular formula is C21H18ClN3O5. The van der Waals surface area contributed by atoms with E-state index in [4.69, 9.17) is 21.1 Å². The minimum Gasteiger partial charge on any atom is -0.497 e. The number of nitrogens with zero attached hydrogens (tertiary/aromatic N) is 3. The van der Waals surface area contributed by atoms with Gasteiger partial charge in [0.15, 0.2) is 5.71 Å². The molecule has 4 rings (SSSR count). The van der Waals surface area contributed by atoms with E-state index in [-0.39, 0.29) is 5.71 Å². The van der Waals surface area contributed by atoms with Gasteiger partial charge >= 0.3 is 5.97 Å². The molecule has 30 heavy (non-hydrogen) atoms. The van der Waals surface area contributed by atoms with Gasteiger partial charge in [-0.1, -0.05) is 17.7 Å². The average molecular weight is 428 g/mol. The van der Waals surface area contributed by atoms with Gasteiger partial charge in [-0.2, -0.15) is 5.10 Å². The first-order valence-electron chi connectivity index (χ1n) is 9.12. The first-order chi connectivity index (χ1) is 14.4. The number of anilines is 2. The van der Waals surface area contributed by atoms with Crippen LogP contribution in [0.2, 0.25) is 5.02 Å². The normalized spacial score (nSPS) is 20.3. The topological polar surface area (TPSA) is 88.5 Å². The maximum Gasteiger partial charge on any atom is 0.355 e. The van der Waals surface area contributed by atoms with E-state index in [2.05, 4.69) is 5.10 Å². The number of carbonyl (C=O) groups excluding carboxylic acids is 3. The molecule has 2 amide bonds. The van der Waals surface area contributed by atoms with Gasteiger partial charge < -0.3 is 9.47 Å². The summed E-state index contributed by atoms with van der Waals surface area (Å²) >= 11 is 6.19. The fourth-order valence-corrected chi connectivity index (χ4v) is 3.88. The third-order valence-corrected chi connectivity index (χ3v) is 5.67. The lowest BCUT2D eigenvalue weighted by Crippen LogP contribution is -2.39. The number of carbonyl (C=O) groups is 3. The van der Waals surface area contributed by atoms with Gasteiger partial charge in [0.25, 0.3) is 5.91 Å². The van der Waals surface area contributed by atoms with Crippen LogP contribution in [0.5, 0.6) is 5.75 Å². The van der Waals surface area contributed by atoms with Gasteiger partial charge in [0.2, 0.25) is 5.91 Å². The van der Waals surface area contributed by atoms with Gasteiger partial charge in [0.05, 0.1) is 25.6 Å². The molecule has 0 saturated carbocycles. The van der Waals surface area contributed by atoms with Crippen LogP contribution < -0.4 is 14.6 Å². The highest BCUT2D eigenvalue weighted by Crippen LogP contribution is 2.40. The predicted octanol–water partition coefficient (Wildman–Crippen LogP) is 2.56. The molecule has 1 saturated heterocycles. The quantitative estimate of drug-likeness (QED) is 0.550. The van der Waals surface area contributed by atoms with Crippen molar-refractivity contribution < 1.29 is 23.9 Å². The van der Waals surface area contributed by atoms with Crippen molar-refractivity contribution in [2.24, 2.45) is 11.0 Å². The fourth-order valence-electron chi connectivity index (χ4n) is 3.71. The first kappa shape index (κ1) is 19.9. The summed E-state index contributed by atoms with van der Waals surface area (Å²) in [6, 6.07) is 10.8. The van der Waals surface area contributed by atoms with Gasteiger partial charge in [0, 0.05) is 5.02 Å². The molecule has 2 aromatic rings. The molecule has 0 spiro atoms. The van der Waals surface area contributed by atoms with E-state index in [1.807, 2.05) is 0 Å². The maximum absolute atomic E-state index is 13.4. The standard InChI is InChI=1S/C21H18ClN3O5/c1-11-14(22)5-4-6-15(11)24-19(26)16-17(21(28)30-3)23-25(18(16)20(24)27)12-7-9-13(29-2)10-8-12/h4-10,16,18H,1-3H3/t16-,18-/m1/s1. The van der Waals surface area contributed by atoms with E-state index in [1.165, 1.54) is 12.1 Å². The van der Waals surface area contributed by atoms with E-state index in [9.17, 15) is 14.4 Å². The molecule has 0 unspecified atom stereocenters. The number of fused-ring (bicyclic) bond motifs is 1. The Hall–Kier alpha value is -3.39. The number of hydrazone groups is 1. The van der Waals surface area contributed by atoms with Crippen molar-refractivity contribution in [3.63, 3.8) is 0 Å². The number of imide groups is 1. The molecule has 0 radical (unpaired) electrons. The Bertz CT molecular complexity index is 1080. The van der Waals surface area contributed by atoms with Crippen molar-refractivity contribution in [2.45, 2.75) is 13.0 Å². The number of methoxy groups -OCH3 is 2. The van der Waals surface area contributed by atoms with Crippen molar-refractivity contribution in [3.05, 3.63) is 53.1 Å². The van der Waals surface area contributed by atoms with Crippen LogP contribution in [0.3, 0.4) is 0 Å². The molecule has 2 aromatic carbocycles. The van der Waals surface area contributed by atoms with E-state index in [1.54, 1.807) is 56.5 Å². The van der Waals surface area contributed by atoms with E-state index < -0.39 is 29.7 Å². The summed E-state index contributed by atoms with van der Waals surface area (Å²) in [5.74, 6) is -2.25. The number of benzene rings is 2. The molecule has 8 nitrogen and oxygen atoms in total. The Morgan fingerprint density at radius 2 is 1.77 bits per heavy atom. The zero-order chi connectivity index (χ0) is 21.6. The van der Waals surface area contributed by atoms with Crippen LogP contribution in [-0.4, -0.2) is 43.8 Å². The molecule has 9 heteroatoms. The van der Waals surface area contributed by atoms with E-state index in [0.29, 0.717) is 27.7 Å². The Labute approximate surface area is 177 Å². The summed E-state index contributed by atoms with van der Waals surface area (Å²) in [6.07, 6.45) is 0. The lowest BCUT2D eigenvalue weighted by atomic mass is 9.98. The van der Waals surface area contributed by atoms with Crippen molar-refractivity contribution in [2.75, 3.05) is 24.1 Å². The van der Waals surface area contributed by atoms with Gasteiger partial charge in [-0.15, -0.1) is 0 Å². The lowest BCUT2D eigenvalue weighted by Gasteiger charge is -2.23. The van der Waals surface area contributed by atoms with Crippen LogP contribution >= 0.6 is 11.6 Å². The van der Waals surface area contributed by atoms with Crippen LogP contribution in [0, 0.1) is 12.8 Å². The molecule has 0 N–H and O–H groups in total. The molecule has 2 aliphatic rings. The second kappa shape index (κ2) is 7.46. The Balaban J connectivity index is 1.81. The molecule has 154 valence electrons.